The van der Waals surface area contributed by atoms with E-state index in [-0.39, 0.29) is 11.7 Å². The first-order chi connectivity index (χ1) is 17.0. The fraction of sp³-hybridized carbons (Fsp3) is 0.406. The van der Waals surface area contributed by atoms with Gasteiger partial charge in [-0.3, -0.25) is 4.98 Å². The molecule has 3 fully saturated rings. The number of benzene rings is 3. The van der Waals surface area contributed by atoms with Crippen LogP contribution in [0.2, 0.25) is 0 Å². The number of ether oxygens (including phenoxy) is 2. The third kappa shape index (κ3) is 3.01. The van der Waals surface area contributed by atoms with Crippen LogP contribution in [0.1, 0.15) is 45.6 Å². The Bertz CT molecular complexity index is 1440. The molecule has 1 saturated heterocycles. The van der Waals surface area contributed by atoms with E-state index in [9.17, 15) is 0 Å². The average Bonchev–Trinajstić information content (AvgIpc) is 3.45. The Morgan fingerprint density at radius 3 is 2.46 bits per heavy atom. The molecular weight excluding hydrogens is 430 g/mol. The van der Waals surface area contributed by atoms with Gasteiger partial charge in [-0.25, -0.2) is 0 Å². The van der Waals surface area contributed by atoms with Gasteiger partial charge in [-0.1, -0.05) is 81.4 Å². The Morgan fingerprint density at radius 1 is 0.914 bits per heavy atom. The normalized spacial score (nSPS) is 30.8. The highest BCUT2D eigenvalue weighted by molar-refractivity contribution is 6.05. The molecule has 2 heterocycles. The van der Waals surface area contributed by atoms with E-state index in [4.69, 9.17) is 14.5 Å². The van der Waals surface area contributed by atoms with Gasteiger partial charge in [-0.2, -0.15) is 0 Å². The Morgan fingerprint density at radius 2 is 1.66 bits per heavy atom. The molecule has 3 aromatic carbocycles. The first kappa shape index (κ1) is 21.5. The Balaban J connectivity index is 1.23. The van der Waals surface area contributed by atoms with Crippen molar-refractivity contribution in [2.75, 3.05) is 0 Å². The van der Waals surface area contributed by atoms with Gasteiger partial charge in [0.2, 0.25) is 0 Å². The summed E-state index contributed by atoms with van der Waals surface area (Å²) in [5, 5.41) is 4.81. The Hall–Kier alpha value is -2.75. The molecule has 0 spiro atoms. The molecule has 0 amide bonds. The largest absolute Gasteiger partial charge is 0.349 e. The SMILES string of the molecule is CC1(C)[C@@H]2CC[C@@]1(C)[C@H]1O[C@H](OCc3ccc4ccccc4c3-c3nccc4ccccc34)C[C@@H]21. The molecule has 0 radical (unpaired) electrons. The summed E-state index contributed by atoms with van der Waals surface area (Å²) in [6.45, 7) is 7.90. The van der Waals surface area contributed by atoms with Crippen molar-refractivity contribution in [3.05, 3.63) is 78.5 Å². The minimum absolute atomic E-state index is 0.124. The lowest BCUT2D eigenvalue weighted by Gasteiger charge is -2.38. The van der Waals surface area contributed by atoms with Crippen LogP contribution in [0.4, 0.5) is 0 Å². The van der Waals surface area contributed by atoms with Crippen LogP contribution in [-0.4, -0.2) is 17.4 Å². The van der Waals surface area contributed by atoms with Crippen molar-refractivity contribution < 1.29 is 9.47 Å². The molecule has 3 heteroatoms. The third-order valence-electron chi connectivity index (χ3n) is 10.0. The zero-order valence-corrected chi connectivity index (χ0v) is 20.8. The molecular formula is C32H33NO2. The monoisotopic (exact) mass is 463 g/mol. The first-order valence-corrected chi connectivity index (χ1v) is 13.1. The number of hydrogen-bond donors (Lipinski definition) is 0. The number of aromatic nitrogens is 1. The van der Waals surface area contributed by atoms with Crippen LogP contribution in [0.25, 0.3) is 32.8 Å². The summed E-state index contributed by atoms with van der Waals surface area (Å²) in [4.78, 5) is 4.88. The van der Waals surface area contributed by atoms with E-state index in [0.717, 1.165) is 18.0 Å². The number of fused-ring (bicyclic) bond motifs is 7. The van der Waals surface area contributed by atoms with Crippen LogP contribution in [0, 0.1) is 22.7 Å². The van der Waals surface area contributed by atoms with E-state index in [2.05, 4.69) is 87.5 Å². The van der Waals surface area contributed by atoms with Crippen LogP contribution in [0.5, 0.6) is 0 Å². The van der Waals surface area contributed by atoms with Gasteiger partial charge in [0.1, 0.15) is 0 Å². The van der Waals surface area contributed by atoms with Crippen LogP contribution >= 0.6 is 0 Å². The molecule has 2 saturated carbocycles. The van der Waals surface area contributed by atoms with Crippen molar-refractivity contribution in [2.45, 2.75) is 59.0 Å². The van der Waals surface area contributed by atoms with Crippen LogP contribution in [0.3, 0.4) is 0 Å². The summed E-state index contributed by atoms with van der Waals surface area (Å²) in [6, 6.07) is 23.6. The van der Waals surface area contributed by atoms with Gasteiger partial charge < -0.3 is 9.47 Å². The lowest BCUT2D eigenvalue weighted by atomic mass is 9.70. The van der Waals surface area contributed by atoms with E-state index in [1.165, 1.54) is 45.5 Å². The topological polar surface area (TPSA) is 31.4 Å². The number of rotatable bonds is 4. The van der Waals surface area contributed by atoms with Crippen LogP contribution in [-0.2, 0) is 16.1 Å². The summed E-state index contributed by atoms with van der Waals surface area (Å²) in [5.74, 6) is 1.38. The predicted molar refractivity (Wildman–Crippen MR) is 141 cm³/mol. The minimum Gasteiger partial charge on any atom is -0.349 e. The molecule has 0 unspecified atom stereocenters. The minimum atomic E-state index is -0.124. The molecule has 0 N–H and O–H groups in total. The van der Waals surface area contributed by atoms with E-state index in [0.29, 0.717) is 24.0 Å². The van der Waals surface area contributed by atoms with Crippen molar-refractivity contribution in [1.29, 1.82) is 0 Å². The summed E-state index contributed by atoms with van der Waals surface area (Å²) in [5.41, 5.74) is 3.99. The van der Waals surface area contributed by atoms with Gasteiger partial charge in [0.15, 0.2) is 6.29 Å². The number of nitrogens with zero attached hydrogens (tertiary/aromatic N) is 1. The molecule has 178 valence electrons. The number of hydrogen-bond acceptors (Lipinski definition) is 3. The summed E-state index contributed by atoms with van der Waals surface area (Å²) < 4.78 is 13.2. The Labute approximate surface area is 207 Å². The van der Waals surface area contributed by atoms with Crippen molar-refractivity contribution in [1.82, 2.24) is 4.98 Å². The van der Waals surface area contributed by atoms with Gasteiger partial charge in [-0.15, -0.1) is 0 Å². The lowest BCUT2D eigenvalue weighted by Crippen LogP contribution is -2.37. The standard InChI is InChI=1S/C32H33NO2/c1-31(2)26-14-16-32(31,3)30-25(26)18-27(35-30)34-19-22-13-12-20-8-4-6-10-23(20)28(22)29-24-11-7-5-9-21(24)15-17-33-29/h4-13,15,17,25-27,30H,14,16,18-19H2,1-3H3/t25-,26+,27-,30-,32-/m0/s1. The fourth-order valence-electron chi connectivity index (χ4n) is 7.81. The van der Waals surface area contributed by atoms with Crippen molar-refractivity contribution in [3.8, 4) is 11.3 Å². The molecule has 35 heavy (non-hydrogen) atoms. The summed E-state index contributed by atoms with van der Waals surface area (Å²) in [6.07, 6.45) is 5.76. The molecule has 2 bridgehead atoms. The maximum Gasteiger partial charge on any atom is 0.158 e. The van der Waals surface area contributed by atoms with Gasteiger partial charge in [0.05, 0.1) is 18.4 Å². The quantitative estimate of drug-likeness (QED) is 0.310. The highest BCUT2D eigenvalue weighted by Crippen LogP contribution is 2.71. The highest BCUT2D eigenvalue weighted by Gasteiger charge is 2.69. The highest BCUT2D eigenvalue weighted by atomic mass is 16.7. The lowest BCUT2D eigenvalue weighted by molar-refractivity contribution is -0.169. The van der Waals surface area contributed by atoms with Crippen molar-refractivity contribution >= 4 is 21.5 Å². The second-order valence-corrected chi connectivity index (χ2v) is 11.7. The summed E-state index contributed by atoms with van der Waals surface area (Å²) in [7, 11) is 0. The molecule has 1 aromatic heterocycles. The Kier molecular flexibility index (Phi) is 4.69. The first-order valence-electron chi connectivity index (χ1n) is 13.1. The van der Waals surface area contributed by atoms with Gasteiger partial charge >= 0.3 is 0 Å². The van der Waals surface area contributed by atoms with Crippen molar-refractivity contribution in [2.24, 2.45) is 22.7 Å². The van der Waals surface area contributed by atoms with E-state index < -0.39 is 0 Å². The van der Waals surface area contributed by atoms with Gasteiger partial charge in [0.25, 0.3) is 0 Å². The third-order valence-corrected chi connectivity index (χ3v) is 10.0. The maximum absolute atomic E-state index is 6.65. The van der Waals surface area contributed by atoms with Gasteiger partial charge in [-0.05, 0) is 63.3 Å². The predicted octanol–water partition coefficient (Wildman–Crippen LogP) is 7.76. The second-order valence-electron chi connectivity index (χ2n) is 11.7. The molecule has 4 aromatic rings. The zero-order valence-electron chi connectivity index (χ0n) is 20.8. The van der Waals surface area contributed by atoms with Crippen LogP contribution < -0.4 is 0 Å². The molecule has 7 rings (SSSR count). The van der Waals surface area contributed by atoms with E-state index >= 15 is 0 Å². The van der Waals surface area contributed by atoms with Crippen molar-refractivity contribution in [3.63, 3.8) is 0 Å². The van der Waals surface area contributed by atoms with E-state index in [1.54, 1.807) is 0 Å². The molecule has 3 aliphatic rings. The number of pyridine rings is 1. The zero-order chi connectivity index (χ0) is 23.8. The molecule has 3 nitrogen and oxygen atoms in total. The molecule has 2 aliphatic carbocycles. The maximum atomic E-state index is 6.65. The van der Waals surface area contributed by atoms with Crippen LogP contribution in [0.15, 0.2) is 72.9 Å². The fourth-order valence-corrected chi connectivity index (χ4v) is 7.81. The van der Waals surface area contributed by atoms with E-state index in [1.807, 2.05) is 6.20 Å². The molecule has 1 aliphatic heterocycles. The van der Waals surface area contributed by atoms with Gasteiger partial charge in [0, 0.05) is 23.6 Å². The molecule has 5 atom stereocenters. The smallest absolute Gasteiger partial charge is 0.158 e. The summed E-state index contributed by atoms with van der Waals surface area (Å²) >= 11 is 0. The second kappa shape index (κ2) is 7.62. The average molecular weight is 464 g/mol.